The van der Waals surface area contributed by atoms with E-state index in [1.807, 2.05) is 20.8 Å². The van der Waals surface area contributed by atoms with Gasteiger partial charge in [-0.3, -0.25) is 14.3 Å². The number of rotatable bonds is 5. The average molecular weight is 570 g/mol. The van der Waals surface area contributed by atoms with E-state index >= 15 is 0 Å². The fourth-order valence-corrected chi connectivity index (χ4v) is 5.10. The van der Waals surface area contributed by atoms with E-state index in [2.05, 4.69) is 10.6 Å². The molecule has 5 rings (SSSR count). The molecule has 3 amide bonds. The summed E-state index contributed by atoms with van der Waals surface area (Å²) < 4.78 is 17.8. The summed E-state index contributed by atoms with van der Waals surface area (Å²) in [4.78, 5) is 46.1. The third-order valence-electron chi connectivity index (χ3n) is 6.53. The minimum atomic E-state index is -0.676. The zero-order chi connectivity index (χ0) is 28.4. The number of nitrogens with zero attached hydrogens (tertiary/aromatic N) is 3. The van der Waals surface area contributed by atoms with Gasteiger partial charge in [0.05, 0.1) is 47.4 Å². The van der Waals surface area contributed by atoms with Crippen LogP contribution in [0.3, 0.4) is 0 Å². The molecule has 11 nitrogen and oxygen atoms in total. The van der Waals surface area contributed by atoms with Gasteiger partial charge in [-0.05, 0) is 63.9 Å². The lowest BCUT2D eigenvalue weighted by atomic mass is 10.1. The smallest absolute Gasteiger partial charge is 0.410 e. The predicted octanol–water partition coefficient (Wildman–Crippen LogP) is 4.61. The summed E-state index contributed by atoms with van der Waals surface area (Å²) >= 11 is 6.45. The zero-order valence-corrected chi connectivity index (χ0v) is 23.4. The average Bonchev–Trinajstić information content (AvgIpc) is 3.59. The summed E-state index contributed by atoms with van der Waals surface area (Å²) in [6, 6.07) is 11.0. The van der Waals surface area contributed by atoms with Crippen LogP contribution in [-0.2, 0) is 14.2 Å². The first-order chi connectivity index (χ1) is 19.1. The van der Waals surface area contributed by atoms with Crippen LogP contribution in [0.15, 0.2) is 47.3 Å². The second-order valence-corrected chi connectivity index (χ2v) is 11.0. The Balaban J connectivity index is 1.52. The Hall–Kier alpha value is -3.67. The Bertz CT molecular complexity index is 1480. The lowest BCUT2D eigenvalue weighted by molar-refractivity contribution is -0.0369. The highest BCUT2D eigenvalue weighted by Crippen LogP contribution is 2.34. The van der Waals surface area contributed by atoms with E-state index in [0.29, 0.717) is 48.9 Å². The lowest BCUT2D eigenvalue weighted by Crippen LogP contribution is -2.38. The van der Waals surface area contributed by atoms with Crippen molar-refractivity contribution >= 4 is 40.3 Å². The predicted molar refractivity (Wildman–Crippen MR) is 150 cm³/mol. The Morgan fingerprint density at radius 3 is 2.65 bits per heavy atom. The molecule has 3 aromatic rings. The van der Waals surface area contributed by atoms with Gasteiger partial charge in [-0.25, -0.2) is 14.6 Å². The number of benzene rings is 2. The molecule has 40 heavy (non-hydrogen) atoms. The number of amides is 3. The van der Waals surface area contributed by atoms with Gasteiger partial charge in [0, 0.05) is 12.2 Å². The maximum atomic E-state index is 14.0. The Labute approximate surface area is 236 Å². The first-order valence-corrected chi connectivity index (χ1v) is 13.6. The standard InChI is InChI=1S/C28H32ClN5O6/c1-28(2,3)40-27(37)33-12-6-11-21(33)24-32-20-10-5-9-19(29)23(20)25(35)34(24)18-8-4-7-17(15-18)31-26(36)30-16-22-38-13-14-39-22/h4-5,7-10,15,21-22H,6,11-14,16H2,1-3H3,(H2,30,31,36)/t21-/m0/s1. The molecule has 2 fully saturated rings. The Morgan fingerprint density at radius 2 is 1.90 bits per heavy atom. The van der Waals surface area contributed by atoms with Gasteiger partial charge in [0.2, 0.25) is 0 Å². The van der Waals surface area contributed by atoms with Crippen LogP contribution in [0.5, 0.6) is 0 Å². The number of likely N-dealkylation sites (tertiary alicyclic amines) is 1. The van der Waals surface area contributed by atoms with E-state index in [4.69, 9.17) is 30.8 Å². The molecule has 2 N–H and O–H groups in total. The van der Waals surface area contributed by atoms with Crippen molar-refractivity contribution in [2.24, 2.45) is 0 Å². The number of anilines is 1. The third-order valence-corrected chi connectivity index (χ3v) is 6.85. The van der Waals surface area contributed by atoms with Crippen LogP contribution < -0.4 is 16.2 Å². The summed E-state index contributed by atoms with van der Waals surface area (Å²) in [5.41, 5.74) is 0.301. The largest absolute Gasteiger partial charge is 0.444 e. The first-order valence-electron chi connectivity index (χ1n) is 13.2. The quantitative estimate of drug-likeness (QED) is 0.460. The van der Waals surface area contributed by atoms with Crippen LogP contribution in [0, 0.1) is 0 Å². The number of ether oxygens (including phenoxy) is 3. The van der Waals surface area contributed by atoms with Gasteiger partial charge in [-0.1, -0.05) is 23.7 Å². The molecule has 12 heteroatoms. The Kier molecular flexibility index (Phi) is 7.97. The van der Waals surface area contributed by atoms with Crippen LogP contribution >= 0.6 is 11.6 Å². The van der Waals surface area contributed by atoms with Crippen molar-refractivity contribution in [2.45, 2.75) is 51.5 Å². The van der Waals surface area contributed by atoms with Crippen LogP contribution in [0.4, 0.5) is 15.3 Å². The number of halogens is 1. The maximum Gasteiger partial charge on any atom is 0.410 e. The SMILES string of the molecule is CC(C)(C)OC(=O)N1CCC[C@H]1c1nc2cccc(Cl)c2c(=O)n1-c1cccc(NC(=O)NCC2OCCO2)c1. The van der Waals surface area contributed by atoms with Crippen molar-refractivity contribution in [1.29, 1.82) is 0 Å². The number of hydrogen-bond acceptors (Lipinski definition) is 7. The molecule has 1 atom stereocenters. The molecule has 2 aromatic carbocycles. The zero-order valence-electron chi connectivity index (χ0n) is 22.6. The highest BCUT2D eigenvalue weighted by molar-refractivity contribution is 6.35. The highest BCUT2D eigenvalue weighted by atomic mass is 35.5. The highest BCUT2D eigenvalue weighted by Gasteiger charge is 2.36. The van der Waals surface area contributed by atoms with Gasteiger partial charge < -0.3 is 24.8 Å². The van der Waals surface area contributed by atoms with Crippen molar-refractivity contribution in [3.8, 4) is 5.69 Å². The first kappa shape index (κ1) is 27.9. The second kappa shape index (κ2) is 11.4. The topological polar surface area (TPSA) is 124 Å². The molecule has 0 radical (unpaired) electrons. The van der Waals surface area contributed by atoms with E-state index < -0.39 is 30.1 Å². The van der Waals surface area contributed by atoms with Crippen molar-refractivity contribution in [3.05, 3.63) is 63.7 Å². The number of aromatic nitrogens is 2. The van der Waals surface area contributed by atoms with Crippen molar-refractivity contribution in [3.63, 3.8) is 0 Å². The van der Waals surface area contributed by atoms with Gasteiger partial charge in [-0.2, -0.15) is 0 Å². The number of carbonyl (C=O) groups is 2. The van der Waals surface area contributed by atoms with Gasteiger partial charge in [0.15, 0.2) is 6.29 Å². The molecular weight excluding hydrogens is 538 g/mol. The molecule has 0 aliphatic carbocycles. The summed E-state index contributed by atoms with van der Waals surface area (Å²) in [5, 5.41) is 6.03. The number of carbonyl (C=O) groups excluding carboxylic acids is 2. The fourth-order valence-electron chi connectivity index (χ4n) is 4.85. The number of urea groups is 1. The molecule has 3 heterocycles. The molecule has 0 unspecified atom stereocenters. The van der Waals surface area contributed by atoms with Crippen LogP contribution in [-0.4, -0.2) is 64.8 Å². The summed E-state index contributed by atoms with van der Waals surface area (Å²) in [5.74, 6) is 0.389. The van der Waals surface area contributed by atoms with Gasteiger partial charge in [-0.15, -0.1) is 0 Å². The molecule has 2 saturated heterocycles. The van der Waals surface area contributed by atoms with E-state index in [9.17, 15) is 14.4 Å². The van der Waals surface area contributed by atoms with Crippen LogP contribution in [0.2, 0.25) is 5.02 Å². The molecule has 2 aliphatic heterocycles. The third kappa shape index (κ3) is 6.06. The van der Waals surface area contributed by atoms with Crippen LogP contribution in [0.25, 0.3) is 16.6 Å². The maximum absolute atomic E-state index is 14.0. The monoisotopic (exact) mass is 569 g/mol. The number of hydrogen-bond donors (Lipinski definition) is 2. The molecule has 1 aromatic heterocycles. The van der Waals surface area contributed by atoms with E-state index in [-0.39, 0.29) is 22.5 Å². The second-order valence-electron chi connectivity index (χ2n) is 10.6. The molecular formula is C28H32ClN5O6. The Morgan fingerprint density at radius 1 is 1.15 bits per heavy atom. The van der Waals surface area contributed by atoms with E-state index in [0.717, 1.165) is 6.42 Å². The molecule has 2 aliphatic rings. The normalized spacial score (nSPS) is 17.8. The molecule has 0 spiro atoms. The van der Waals surface area contributed by atoms with Gasteiger partial charge >= 0.3 is 12.1 Å². The van der Waals surface area contributed by atoms with Crippen molar-refractivity contribution in [1.82, 2.24) is 19.8 Å². The van der Waals surface area contributed by atoms with E-state index in [1.54, 1.807) is 47.4 Å². The minimum Gasteiger partial charge on any atom is -0.444 e. The molecule has 0 bridgehead atoms. The lowest BCUT2D eigenvalue weighted by Gasteiger charge is -2.29. The van der Waals surface area contributed by atoms with Crippen molar-refractivity contribution in [2.75, 3.05) is 31.6 Å². The van der Waals surface area contributed by atoms with Gasteiger partial charge in [0.1, 0.15) is 11.4 Å². The number of fused-ring (bicyclic) bond motifs is 1. The van der Waals surface area contributed by atoms with E-state index in [1.165, 1.54) is 4.57 Å². The minimum absolute atomic E-state index is 0.199. The van der Waals surface area contributed by atoms with Crippen LogP contribution in [0.1, 0.15) is 45.5 Å². The molecule has 212 valence electrons. The molecule has 0 saturated carbocycles. The summed E-state index contributed by atoms with van der Waals surface area (Å²) in [6.45, 7) is 7.08. The fraction of sp³-hybridized carbons (Fsp3) is 0.429. The number of nitrogens with one attached hydrogen (secondary N) is 2. The summed E-state index contributed by atoms with van der Waals surface area (Å²) in [6.07, 6.45) is 0.378. The van der Waals surface area contributed by atoms with Gasteiger partial charge in [0.25, 0.3) is 5.56 Å². The summed E-state index contributed by atoms with van der Waals surface area (Å²) in [7, 11) is 0. The van der Waals surface area contributed by atoms with Crippen molar-refractivity contribution < 1.29 is 23.8 Å².